The Morgan fingerprint density at radius 2 is 1.91 bits per heavy atom. The normalized spacial score (nSPS) is 12.8. The Morgan fingerprint density at radius 3 is 2.73 bits per heavy atom. The summed E-state index contributed by atoms with van der Waals surface area (Å²) in [5.74, 6) is 0.788. The van der Waals surface area contributed by atoms with E-state index in [9.17, 15) is 9.18 Å². The maximum atomic E-state index is 13.1. The topological polar surface area (TPSA) is 47.6 Å². The van der Waals surface area contributed by atoms with E-state index < -0.39 is 0 Å². The molecule has 1 aliphatic rings. The highest BCUT2D eigenvalue weighted by atomic mass is 19.1. The number of carbonyl (C=O) groups excluding carboxylic acids is 1. The first kappa shape index (κ1) is 14.4. The van der Waals surface area contributed by atoms with E-state index in [1.165, 1.54) is 12.1 Å². The van der Waals surface area contributed by atoms with Crippen molar-refractivity contribution in [1.82, 2.24) is 5.32 Å². The van der Waals surface area contributed by atoms with Crippen LogP contribution in [0.25, 0.3) is 0 Å². The predicted molar refractivity (Wildman–Crippen MR) is 79.9 cm³/mol. The Labute approximate surface area is 127 Å². The minimum Gasteiger partial charge on any atom is -0.486 e. The third-order valence-corrected chi connectivity index (χ3v) is 3.39. The molecule has 1 aliphatic heterocycles. The van der Waals surface area contributed by atoms with Gasteiger partial charge in [0.05, 0.1) is 0 Å². The molecule has 3 rings (SSSR count). The van der Waals surface area contributed by atoms with Gasteiger partial charge in [0.1, 0.15) is 19.0 Å². The van der Waals surface area contributed by atoms with Crippen molar-refractivity contribution < 1.29 is 18.7 Å². The van der Waals surface area contributed by atoms with Crippen LogP contribution in [-0.2, 0) is 6.42 Å². The van der Waals surface area contributed by atoms with Crippen LogP contribution in [0, 0.1) is 5.82 Å². The molecule has 114 valence electrons. The summed E-state index contributed by atoms with van der Waals surface area (Å²) in [6.07, 6.45) is 0.577. The number of nitrogens with one attached hydrogen (secondary N) is 1. The molecular weight excluding hydrogens is 285 g/mol. The zero-order valence-electron chi connectivity index (χ0n) is 12.0. The van der Waals surface area contributed by atoms with Gasteiger partial charge in [0.25, 0.3) is 5.91 Å². The van der Waals surface area contributed by atoms with E-state index in [1.54, 1.807) is 24.3 Å². The van der Waals surface area contributed by atoms with Crippen molar-refractivity contribution >= 4 is 5.91 Å². The Balaban J connectivity index is 1.58. The molecule has 2 aromatic rings. The molecule has 0 spiro atoms. The Kier molecular flexibility index (Phi) is 4.23. The van der Waals surface area contributed by atoms with Crippen molar-refractivity contribution in [3.8, 4) is 11.5 Å². The second kappa shape index (κ2) is 6.47. The summed E-state index contributed by atoms with van der Waals surface area (Å²) >= 11 is 0. The fraction of sp³-hybridized carbons (Fsp3) is 0.235. The summed E-state index contributed by atoms with van der Waals surface area (Å²) in [7, 11) is 0. The number of halogens is 1. The van der Waals surface area contributed by atoms with Crippen molar-refractivity contribution in [3.05, 3.63) is 59.4 Å². The molecule has 0 saturated heterocycles. The highest BCUT2D eigenvalue weighted by molar-refractivity contribution is 5.94. The highest BCUT2D eigenvalue weighted by Gasteiger charge is 2.14. The quantitative estimate of drug-likeness (QED) is 0.944. The van der Waals surface area contributed by atoms with Gasteiger partial charge < -0.3 is 14.8 Å². The zero-order valence-corrected chi connectivity index (χ0v) is 12.0. The lowest BCUT2D eigenvalue weighted by Crippen LogP contribution is -2.26. The average Bonchev–Trinajstić information content (AvgIpc) is 2.54. The van der Waals surface area contributed by atoms with E-state index >= 15 is 0 Å². The van der Waals surface area contributed by atoms with E-state index in [4.69, 9.17) is 9.47 Å². The number of fused-ring (bicyclic) bond motifs is 1. The molecule has 0 fully saturated rings. The van der Waals surface area contributed by atoms with Gasteiger partial charge in [0.15, 0.2) is 11.5 Å². The van der Waals surface area contributed by atoms with Gasteiger partial charge in [-0.25, -0.2) is 4.39 Å². The first-order valence-corrected chi connectivity index (χ1v) is 7.15. The number of ether oxygens (including phenoxy) is 2. The van der Waals surface area contributed by atoms with Crippen LogP contribution in [0.5, 0.6) is 11.5 Å². The van der Waals surface area contributed by atoms with Gasteiger partial charge in [-0.05, 0) is 42.3 Å². The molecule has 5 heteroatoms. The molecule has 2 aromatic carbocycles. The molecule has 1 heterocycles. The summed E-state index contributed by atoms with van der Waals surface area (Å²) in [6.45, 7) is 1.44. The van der Waals surface area contributed by atoms with E-state index in [0.29, 0.717) is 43.2 Å². The minimum absolute atomic E-state index is 0.187. The zero-order chi connectivity index (χ0) is 15.4. The van der Waals surface area contributed by atoms with E-state index in [1.807, 2.05) is 6.07 Å². The number of rotatable bonds is 4. The molecule has 1 N–H and O–H groups in total. The van der Waals surface area contributed by atoms with Crippen LogP contribution in [0.3, 0.4) is 0 Å². The lowest BCUT2D eigenvalue weighted by molar-refractivity contribution is 0.0953. The van der Waals surface area contributed by atoms with Crippen molar-refractivity contribution in [3.63, 3.8) is 0 Å². The number of amides is 1. The third-order valence-electron chi connectivity index (χ3n) is 3.39. The summed E-state index contributed by atoms with van der Waals surface area (Å²) < 4.78 is 23.9. The SMILES string of the molecule is O=C(NCCc1cccc(F)c1)c1ccc2c(c1)OCCO2. The number of carbonyl (C=O) groups is 1. The van der Waals surface area contributed by atoms with Crippen LogP contribution in [0.4, 0.5) is 4.39 Å². The molecule has 1 amide bonds. The van der Waals surface area contributed by atoms with Gasteiger partial charge in [0.2, 0.25) is 0 Å². The van der Waals surface area contributed by atoms with Crippen LogP contribution in [0.15, 0.2) is 42.5 Å². The van der Waals surface area contributed by atoms with Crippen LogP contribution < -0.4 is 14.8 Å². The van der Waals surface area contributed by atoms with E-state index in [0.717, 1.165) is 5.56 Å². The molecular formula is C17H16FNO3. The van der Waals surface area contributed by atoms with Crippen molar-refractivity contribution in [1.29, 1.82) is 0 Å². The summed E-state index contributed by atoms with van der Waals surface area (Å²) in [5, 5.41) is 2.82. The van der Waals surface area contributed by atoms with Gasteiger partial charge in [0, 0.05) is 12.1 Å². The average molecular weight is 301 g/mol. The van der Waals surface area contributed by atoms with Gasteiger partial charge in [-0.2, -0.15) is 0 Å². The molecule has 0 bridgehead atoms. The van der Waals surface area contributed by atoms with E-state index in [-0.39, 0.29) is 11.7 Å². The molecule has 0 aromatic heterocycles. The molecule has 0 aliphatic carbocycles. The highest BCUT2D eigenvalue weighted by Crippen LogP contribution is 2.30. The molecule has 0 unspecified atom stereocenters. The second-order valence-corrected chi connectivity index (χ2v) is 4.99. The number of benzene rings is 2. The molecule has 0 saturated carbocycles. The maximum absolute atomic E-state index is 13.1. The Bertz CT molecular complexity index is 687. The first-order chi connectivity index (χ1) is 10.7. The second-order valence-electron chi connectivity index (χ2n) is 4.99. The van der Waals surface area contributed by atoms with Gasteiger partial charge >= 0.3 is 0 Å². The summed E-state index contributed by atoms with van der Waals surface area (Å²) in [4.78, 5) is 12.1. The summed E-state index contributed by atoms with van der Waals surface area (Å²) in [6, 6.07) is 11.5. The van der Waals surface area contributed by atoms with E-state index in [2.05, 4.69) is 5.32 Å². The lowest BCUT2D eigenvalue weighted by Gasteiger charge is -2.18. The Hall–Kier alpha value is -2.56. The monoisotopic (exact) mass is 301 g/mol. The van der Waals surface area contributed by atoms with Crippen LogP contribution in [-0.4, -0.2) is 25.7 Å². The molecule has 0 atom stereocenters. The largest absolute Gasteiger partial charge is 0.486 e. The van der Waals surface area contributed by atoms with Crippen LogP contribution >= 0.6 is 0 Å². The number of hydrogen-bond acceptors (Lipinski definition) is 3. The number of hydrogen-bond donors (Lipinski definition) is 1. The fourth-order valence-corrected chi connectivity index (χ4v) is 2.30. The molecule has 4 nitrogen and oxygen atoms in total. The standard InChI is InChI=1S/C17H16FNO3/c18-14-3-1-2-12(10-14)6-7-19-17(20)13-4-5-15-16(11-13)22-9-8-21-15/h1-5,10-11H,6-9H2,(H,19,20). The minimum atomic E-state index is -0.268. The maximum Gasteiger partial charge on any atom is 0.251 e. The molecule has 22 heavy (non-hydrogen) atoms. The van der Waals surface area contributed by atoms with Gasteiger partial charge in [-0.3, -0.25) is 4.79 Å². The van der Waals surface area contributed by atoms with Crippen molar-refractivity contribution in [2.24, 2.45) is 0 Å². The predicted octanol–water partition coefficient (Wildman–Crippen LogP) is 2.57. The Morgan fingerprint density at radius 1 is 1.09 bits per heavy atom. The smallest absolute Gasteiger partial charge is 0.251 e. The fourth-order valence-electron chi connectivity index (χ4n) is 2.30. The van der Waals surface area contributed by atoms with Gasteiger partial charge in [-0.15, -0.1) is 0 Å². The van der Waals surface area contributed by atoms with Crippen LogP contribution in [0.1, 0.15) is 15.9 Å². The van der Waals surface area contributed by atoms with Gasteiger partial charge in [-0.1, -0.05) is 12.1 Å². The molecule has 0 radical (unpaired) electrons. The van der Waals surface area contributed by atoms with Crippen molar-refractivity contribution in [2.45, 2.75) is 6.42 Å². The third kappa shape index (κ3) is 3.36. The van der Waals surface area contributed by atoms with Crippen molar-refractivity contribution in [2.75, 3.05) is 19.8 Å². The first-order valence-electron chi connectivity index (χ1n) is 7.15. The van der Waals surface area contributed by atoms with Crippen LogP contribution in [0.2, 0.25) is 0 Å². The summed E-state index contributed by atoms with van der Waals surface area (Å²) in [5.41, 5.74) is 1.37. The lowest BCUT2D eigenvalue weighted by atomic mass is 10.1.